The lowest BCUT2D eigenvalue weighted by Gasteiger charge is -2.24. The zero-order valence-corrected chi connectivity index (χ0v) is 13.3. The van der Waals surface area contributed by atoms with Gasteiger partial charge in [0.15, 0.2) is 5.92 Å². The quantitative estimate of drug-likeness (QED) is 0.323. The van der Waals surface area contributed by atoms with Gasteiger partial charge in [0.1, 0.15) is 5.75 Å². The molecule has 0 saturated carbocycles. The summed E-state index contributed by atoms with van der Waals surface area (Å²) >= 11 is 0. The molecule has 126 valence electrons. The highest BCUT2D eigenvalue weighted by Crippen LogP contribution is 2.32. The summed E-state index contributed by atoms with van der Waals surface area (Å²) in [4.78, 5) is 34.7. The summed E-state index contributed by atoms with van der Waals surface area (Å²) in [5.74, 6) is -3.68. The number of carbonyl (C=O) groups is 2. The van der Waals surface area contributed by atoms with Crippen LogP contribution < -0.4 is 4.74 Å². The summed E-state index contributed by atoms with van der Waals surface area (Å²) in [6.07, 6.45) is 0. The maximum atomic E-state index is 12.0. The van der Waals surface area contributed by atoms with E-state index in [1.807, 2.05) is 0 Å². The third-order valence-electron chi connectivity index (χ3n) is 3.62. The molecule has 8 heteroatoms. The molecule has 0 amide bonds. The van der Waals surface area contributed by atoms with Crippen LogP contribution in [0.3, 0.4) is 0 Å². The number of carbonyl (C=O) groups excluding carboxylic acids is 2. The molecule has 2 atom stereocenters. The second-order valence-electron chi connectivity index (χ2n) is 4.85. The van der Waals surface area contributed by atoms with Crippen LogP contribution in [-0.4, -0.2) is 44.2 Å². The van der Waals surface area contributed by atoms with Gasteiger partial charge in [-0.1, -0.05) is 12.1 Å². The predicted octanol–water partition coefficient (Wildman–Crippen LogP) is 1.41. The van der Waals surface area contributed by atoms with Crippen LogP contribution in [0.5, 0.6) is 5.75 Å². The lowest BCUT2D eigenvalue weighted by atomic mass is 9.81. The van der Waals surface area contributed by atoms with E-state index in [2.05, 4.69) is 9.47 Å². The first-order valence-corrected chi connectivity index (χ1v) is 6.80. The van der Waals surface area contributed by atoms with Crippen LogP contribution in [0.4, 0.5) is 0 Å². The molecule has 8 nitrogen and oxygen atoms in total. The van der Waals surface area contributed by atoms with Crippen LogP contribution in [0, 0.1) is 16.0 Å². The van der Waals surface area contributed by atoms with Crippen molar-refractivity contribution < 1.29 is 28.7 Å². The zero-order chi connectivity index (χ0) is 17.6. The first kappa shape index (κ1) is 18.4. The van der Waals surface area contributed by atoms with Crippen molar-refractivity contribution in [3.05, 3.63) is 39.9 Å². The molecule has 0 fully saturated rings. The minimum Gasteiger partial charge on any atom is -0.497 e. The maximum Gasteiger partial charge on any atom is 0.320 e. The monoisotopic (exact) mass is 325 g/mol. The second-order valence-corrected chi connectivity index (χ2v) is 4.85. The minimum atomic E-state index is -1.43. The number of rotatable bonds is 7. The summed E-state index contributed by atoms with van der Waals surface area (Å²) in [5.41, 5.74) is 0.441. The molecule has 23 heavy (non-hydrogen) atoms. The van der Waals surface area contributed by atoms with Gasteiger partial charge in [0, 0.05) is 11.8 Å². The van der Waals surface area contributed by atoms with Crippen LogP contribution in [-0.2, 0) is 19.1 Å². The van der Waals surface area contributed by atoms with E-state index < -0.39 is 34.7 Å². The van der Waals surface area contributed by atoms with Crippen molar-refractivity contribution in [2.45, 2.75) is 18.9 Å². The van der Waals surface area contributed by atoms with Gasteiger partial charge in [-0.25, -0.2) is 0 Å². The number of methoxy groups -OCH3 is 3. The van der Waals surface area contributed by atoms with Crippen LogP contribution in [0.1, 0.15) is 18.4 Å². The van der Waals surface area contributed by atoms with E-state index in [9.17, 15) is 19.7 Å². The number of nitrogens with zero attached hydrogens (tertiary/aromatic N) is 1. The third-order valence-corrected chi connectivity index (χ3v) is 3.62. The molecule has 0 saturated heterocycles. The van der Waals surface area contributed by atoms with Crippen molar-refractivity contribution >= 4 is 11.9 Å². The first-order valence-electron chi connectivity index (χ1n) is 6.80. The highest BCUT2D eigenvalue weighted by atomic mass is 16.6. The van der Waals surface area contributed by atoms with E-state index in [-0.39, 0.29) is 0 Å². The molecule has 0 aromatic heterocycles. The summed E-state index contributed by atoms with van der Waals surface area (Å²) in [7, 11) is 3.71. The van der Waals surface area contributed by atoms with Crippen LogP contribution in [0.15, 0.2) is 24.3 Å². The maximum absolute atomic E-state index is 12.0. The fourth-order valence-electron chi connectivity index (χ4n) is 2.35. The topological polar surface area (TPSA) is 105 Å². The van der Waals surface area contributed by atoms with Crippen molar-refractivity contribution in [1.29, 1.82) is 0 Å². The van der Waals surface area contributed by atoms with Gasteiger partial charge >= 0.3 is 11.9 Å². The molecule has 0 aliphatic carbocycles. The Kier molecular flexibility index (Phi) is 6.49. The van der Waals surface area contributed by atoms with Crippen LogP contribution in [0.2, 0.25) is 0 Å². The summed E-state index contributed by atoms with van der Waals surface area (Å²) in [5, 5.41) is 11.2. The van der Waals surface area contributed by atoms with Crippen molar-refractivity contribution in [2.24, 2.45) is 5.92 Å². The fourth-order valence-corrected chi connectivity index (χ4v) is 2.35. The Hall–Kier alpha value is -2.64. The number of nitro groups is 1. The fraction of sp³-hybridized carbons (Fsp3) is 0.467. The van der Waals surface area contributed by atoms with Gasteiger partial charge in [0.2, 0.25) is 6.04 Å². The lowest BCUT2D eigenvalue weighted by molar-refractivity contribution is -0.523. The summed E-state index contributed by atoms with van der Waals surface area (Å²) in [6.45, 7) is 1.33. The molecular weight excluding hydrogens is 306 g/mol. The molecule has 1 aromatic rings. The van der Waals surface area contributed by atoms with E-state index >= 15 is 0 Å². The normalized spacial score (nSPS) is 13.1. The molecule has 1 unspecified atom stereocenters. The average Bonchev–Trinajstić information content (AvgIpc) is 2.57. The standard InChI is InChI=1S/C15H19NO7/c1-9(16(19)20)12(10-5-7-11(21-2)8-6-10)13(14(17)22-3)15(18)23-4/h5-9,12-13H,1-4H3/t9?,12-/m1/s1. The van der Waals surface area contributed by atoms with E-state index in [1.165, 1.54) is 14.0 Å². The van der Waals surface area contributed by atoms with Gasteiger partial charge in [-0.3, -0.25) is 19.7 Å². The van der Waals surface area contributed by atoms with Crippen LogP contribution >= 0.6 is 0 Å². The Morgan fingerprint density at radius 1 is 1.04 bits per heavy atom. The van der Waals surface area contributed by atoms with E-state index in [1.54, 1.807) is 24.3 Å². The summed E-state index contributed by atoms with van der Waals surface area (Å²) in [6, 6.07) is 5.14. The molecule has 0 bridgehead atoms. The molecule has 0 aliphatic rings. The summed E-state index contributed by atoms with van der Waals surface area (Å²) < 4.78 is 14.3. The molecule has 0 spiro atoms. The molecule has 0 radical (unpaired) electrons. The van der Waals surface area contributed by atoms with Crippen LogP contribution in [0.25, 0.3) is 0 Å². The number of ether oxygens (including phenoxy) is 3. The molecule has 1 aromatic carbocycles. The van der Waals surface area contributed by atoms with Gasteiger partial charge in [0.05, 0.1) is 27.2 Å². The van der Waals surface area contributed by atoms with Gasteiger partial charge in [-0.15, -0.1) is 0 Å². The third kappa shape index (κ3) is 4.18. The Morgan fingerprint density at radius 2 is 1.52 bits per heavy atom. The van der Waals surface area contributed by atoms with Crippen molar-refractivity contribution in [3.8, 4) is 5.75 Å². The van der Waals surface area contributed by atoms with Gasteiger partial charge in [0.25, 0.3) is 0 Å². The highest BCUT2D eigenvalue weighted by Gasteiger charge is 2.45. The van der Waals surface area contributed by atoms with E-state index in [0.717, 1.165) is 14.2 Å². The largest absolute Gasteiger partial charge is 0.497 e. The average molecular weight is 325 g/mol. The number of esters is 2. The smallest absolute Gasteiger partial charge is 0.320 e. The predicted molar refractivity (Wildman–Crippen MR) is 79.7 cm³/mol. The number of hydrogen-bond acceptors (Lipinski definition) is 7. The van der Waals surface area contributed by atoms with Gasteiger partial charge in [-0.2, -0.15) is 0 Å². The first-order chi connectivity index (χ1) is 10.9. The minimum absolute atomic E-state index is 0.441. The molecular formula is C15H19NO7. The molecule has 0 aliphatic heterocycles. The SMILES string of the molecule is COC(=O)C(C(=O)OC)[C@@H](c1ccc(OC)cc1)C(C)[N+](=O)[O-]. The number of benzene rings is 1. The Balaban J connectivity index is 3.38. The zero-order valence-electron chi connectivity index (χ0n) is 13.3. The Bertz CT molecular complexity index is 554. The van der Waals surface area contributed by atoms with Crippen molar-refractivity contribution in [3.63, 3.8) is 0 Å². The van der Waals surface area contributed by atoms with E-state index in [4.69, 9.17) is 4.74 Å². The molecule has 1 rings (SSSR count). The highest BCUT2D eigenvalue weighted by molar-refractivity contribution is 5.96. The van der Waals surface area contributed by atoms with Gasteiger partial charge in [-0.05, 0) is 17.7 Å². The number of hydrogen-bond donors (Lipinski definition) is 0. The lowest BCUT2D eigenvalue weighted by Crippen LogP contribution is -2.39. The van der Waals surface area contributed by atoms with Gasteiger partial charge < -0.3 is 14.2 Å². The van der Waals surface area contributed by atoms with Crippen molar-refractivity contribution in [1.82, 2.24) is 0 Å². The Labute approximate surface area is 133 Å². The molecule has 0 N–H and O–H groups in total. The Morgan fingerprint density at radius 3 is 1.87 bits per heavy atom. The second kappa shape index (κ2) is 8.11. The molecule has 0 heterocycles. The van der Waals surface area contributed by atoms with E-state index in [0.29, 0.717) is 11.3 Å². The van der Waals surface area contributed by atoms with Crippen molar-refractivity contribution in [2.75, 3.05) is 21.3 Å².